The van der Waals surface area contributed by atoms with Crippen LogP contribution in [0, 0.1) is 0 Å². The molecule has 1 saturated carbocycles. The van der Waals surface area contributed by atoms with Gasteiger partial charge in [-0.25, -0.2) is 0 Å². The van der Waals surface area contributed by atoms with Gasteiger partial charge in [-0.3, -0.25) is 0 Å². The Hall–Kier alpha value is -0.0800. The summed E-state index contributed by atoms with van der Waals surface area (Å²) in [5.41, 5.74) is 6.06. The first-order chi connectivity index (χ1) is 6.24. The molecule has 0 amide bonds. The monoisotopic (exact) mass is 184 g/mol. The van der Waals surface area contributed by atoms with Gasteiger partial charge in [-0.05, 0) is 26.2 Å². The second-order valence-corrected chi connectivity index (χ2v) is 4.41. The molecular weight excluding hydrogens is 160 g/mol. The predicted octanol–water partition coefficient (Wildman–Crippen LogP) is 2.03. The Morgan fingerprint density at radius 2 is 2.08 bits per heavy atom. The molecule has 0 aliphatic heterocycles. The molecule has 0 heterocycles. The molecule has 2 heteroatoms. The number of nitrogens with one attached hydrogen (secondary N) is 1. The van der Waals surface area contributed by atoms with E-state index in [1.807, 2.05) is 0 Å². The first-order valence-corrected chi connectivity index (χ1v) is 5.75. The van der Waals surface area contributed by atoms with Gasteiger partial charge in [-0.2, -0.15) is 0 Å². The molecule has 1 rings (SSSR count). The maximum atomic E-state index is 6.06. The highest BCUT2D eigenvalue weighted by molar-refractivity contribution is 4.85. The highest BCUT2D eigenvalue weighted by atomic mass is 15.0. The summed E-state index contributed by atoms with van der Waals surface area (Å²) in [5, 5.41) is 3.64. The van der Waals surface area contributed by atoms with Gasteiger partial charge in [-0.1, -0.05) is 26.2 Å². The molecule has 1 aliphatic rings. The quantitative estimate of drug-likeness (QED) is 0.701. The van der Waals surface area contributed by atoms with Gasteiger partial charge in [0.05, 0.1) is 0 Å². The van der Waals surface area contributed by atoms with Crippen LogP contribution in [0.15, 0.2) is 0 Å². The summed E-state index contributed by atoms with van der Waals surface area (Å²) in [6.45, 7) is 4.50. The van der Waals surface area contributed by atoms with Crippen LogP contribution < -0.4 is 11.1 Å². The molecule has 3 unspecified atom stereocenters. The highest BCUT2D eigenvalue weighted by Gasteiger charge is 2.22. The van der Waals surface area contributed by atoms with Crippen molar-refractivity contribution in [1.82, 2.24) is 5.32 Å². The summed E-state index contributed by atoms with van der Waals surface area (Å²) in [7, 11) is 0. The zero-order chi connectivity index (χ0) is 9.68. The maximum absolute atomic E-state index is 6.06. The normalized spacial score (nSPS) is 31.6. The van der Waals surface area contributed by atoms with Crippen molar-refractivity contribution < 1.29 is 0 Å². The lowest BCUT2D eigenvalue weighted by Crippen LogP contribution is -2.50. The van der Waals surface area contributed by atoms with Gasteiger partial charge in [0.25, 0.3) is 0 Å². The van der Waals surface area contributed by atoms with E-state index >= 15 is 0 Å². The average Bonchev–Trinajstić information content (AvgIpc) is 2.09. The molecule has 1 aliphatic carbocycles. The predicted molar refractivity (Wildman–Crippen MR) is 57.7 cm³/mol. The third-order valence-corrected chi connectivity index (χ3v) is 3.04. The van der Waals surface area contributed by atoms with Gasteiger partial charge in [0.1, 0.15) is 0 Å². The van der Waals surface area contributed by atoms with Crippen LogP contribution in [0.4, 0.5) is 0 Å². The van der Waals surface area contributed by atoms with E-state index in [-0.39, 0.29) is 0 Å². The second kappa shape index (κ2) is 5.61. The lowest BCUT2D eigenvalue weighted by molar-refractivity contribution is 0.299. The van der Waals surface area contributed by atoms with E-state index in [9.17, 15) is 0 Å². The van der Waals surface area contributed by atoms with Crippen LogP contribution in [0.1, 0.15) is 52.4 Å². The Labute approximate surface area is 82.3 Å². The van der Waals surface area contributed by atoms with E-state index in [1.165, 1.54) is 38.5 Å². The number of hydrogen-bond donors (Lipinski definition) is 2. The Balaban J connectivity index is 2.25. The van der Waals surface area contributed by atoms with E-state index in [4.69, 9.17) is 5.73 Å². The molecule has 2 nitrogen and oxygen atoms in total. The molecule has 3 N–H and O–H groups in total. The Morgan fingerprint density at radius 3 is 2.69 bits per heavy atom. The molecule has 0 bridgehead atoms. The van der Waals surface area contributed by atoms with Gasteiger partial charge in [-0.15, -0.1) is 0 Å². The minimum Gasteiger partial charge on any atom is -0.326 e. The molecule has 0 saturated heterocycles. The molecule has 3 atom stereocenters. The fourth-order valence-electron chi connectivity index (χ4n) is 2.25. The van der Waals surface area contributed by atoms with Crippen molar-refractivity contribution in [2.24, 2.45) is 5.73 Å². The van der Waals surface area contributed by atoms with E-state index in [0.29, 0.717) is 18.1 Å². The molecule has 0 spiro atoms. The zero-order valence-corrected chi connectivity index (χ0v) is 9.05. The zero-order valence-electron chi connectivity index (χ0n) is 9.05. The van der Waals surface area contributed by atoms with Crippen molar-refractivity contribution in [2.45, 2.75) is 70.5 Å². The van der Waals surface area contributed by atoms with Crippen LogP contribution in [-0.2, 0) is 0 Å². The van der Waals surface area contributed by atoms with Gasteiger partial charge in [0.15, 0.2) is 0 Å². The largest absolute Gasteiger partial charge is 0.326 e. The standard InChI is InChI=1S/C11H24N2/c1-3-6-9(2)13-11-8-5-4-7-10(11)12/h9-11,13H,3-8,12H2,1-2H3. The van der Waals surface area contributed by atoms with Crippen LogP contribution in [-0.4, -0.2) is 18.1 Å². The molecule has 1 fully saturated rings. The Bertz CT molecular complexity index is 136. The van der Waals surface area contributed by atoms with Crippen molar-refractivity contribution in [3.05, 3.63) is 0 Å². The van der Waals surface area contributed by atoms with Crippen LogP contribution in [0.5, 0.6) is 0 Å². The molecule has 0 aromatic rings. The summed E-state index contributed by atoms with van der Waals surface area (Å²) < 4.78 is 0. The van der Waals surface area contributed by atoms with E-state index in [1.54, 1.807) is 0 Å². The number of nitrogens with two attached hydrogens (primary N) is 1. The number of hydrogen-bond acceptors (Lipinski definition) is 2. The van der Waals surface area contributed by atoms with Crippen molar-refractivity contribution in [3.63, 3.8) is 0 Å². The first kappa shape index (κ1) is 11.0. The van der Waals surface area contributed by atoms with Gasteiger partial charge in [0.2, 0.25) is 0 Å². The lowest BCUT2D eigenvalue weighted by Gasteiger charge is -2.32. The smallest absolute Gasteiger partial charge is 0.0221 e. The van der Waals surface area contributed by atoms with Crippen molar-refractivity contribution in [1.29, 1.82) is 0 Å². The summed E-state index contributed by atoms with van der Waals surface area (Å²) in [6, 6.07) is 1.61. The highest BCUT2D eigenvalue weighted by Crippen LogP contribution is 2.17. The first-order valence-electron chi connectivity index (χ1n) is 5.75. The Morgan fingerprint density at radius 1 is 1.38 bits per heavy atom. The SMILES string of the molecule is CCCC(C)NC1CCCCC1N. The Kier molecular flexibility index (Phi) is 4.74. The summed E-state index contributed by atoms with van der Waals surface area (Å²) in [4.78, 5) is 0. The van der Waals surface area contributed by atoms with Crippen LogP contribution in [0.25, 0.3) is 0 Å². The van der Waals surface area contributed by atoms with Gasteiger partial charge in [0, 0.05) is 18.1 Å². The summed E-state index contributed by atoms with van der Waals surface area (Å²) in [5.74, 6) is 0. The molecule has 0 aromatic heterocycles. The fourth-order valence-corrected chi connectivity index (χ4v) is 2.25. The molecule has 0 aromatic carbocycles. The van der Waals surface area contributed by atoms with Crippen molar-refractivity contribution in [3.8, 4) is 0 Å². The lowest BCUT2D eigenvalue weighted by atomic mass is 9.90. The molecule has 13 heavy (non-hydrogen) atoms. The van der Waals surface area contributed by atoms with Crippen LogP contribution in [0.2, 0.25) is 0 Å². The third kappa shape index (κ3) is 3.65. The maximum Gasteiger partial charge on any atom is 0.0221 e. The van der Waals surface area contributed by atoms with E-state index in [0.717, 1.165) is 0 Å². The topological polar surface area (TPSA) is 38.0 Å². The van der Waals surface area contributed by atoms with Crippen LogP contribution >= 0.6 is 0 Å². The average molecular weight is 184 g/mol. The molecular formula is C11H24N2. The third-order valence-electron chi connectivity index (χ3n) is 3.04. The van der Waals surface area contributed by atoms with E-state index in [2.05, 4.69) is 19.2 Å². The summed E-state index contributed by atoms with van der Waals surface area (Å²) in [6.07, 6.45) is 7.68. The van der Waals surface area contributed by atoms with Gasteiger partial charge < -0.3 is 11.1 Å². The summed E-state index contributed by atoms with van der Waals surface area (Å²) >= 11 is 0. The fraction of sp³-hybridized carbons (Fsp3) is 1.00. The number of rotatable bonds is 4. The van der Waals surface area contributed by atoms with Gasteiger partial charge >= 0.3 is 0 Å². The minimum absolute atomic E-state index is 0.396. The van der Waals surface area contributed by atoms with Crippen molar-refractivity contribution in [2.75, 3.05) is 0 Å². The molecule has 78 valence electrons. The minimum atomic E-state index is 0.396. The second-order valence-electron chi connectivity index (χ2n) is 4.41. The van der Waals surface area contributed by atoms with Crippen LogP contribution in [0.3, 0.4) is 0 Å². The van der Waals surface area contributed by atoms with E-state index < -0.39 is 0 Å². The van der Waals surface area contributed by atoms with Crippen molar-refractivity contribution >= 4 is 0 Å². The molecule has 0 radical (unpaired) electrons.